The van der Waals surface area contributed by atoms with Crippen LogP contribution in [0.5, 0.6) is 0 Å². The third kappa shape index (κ3) is 3.50. The molecular formula is C11H15BrN2O2S. The third-order valence-electron chi connectivity index (χ3n) is 2.87. The fourth-order valence-electron chi connectivity index (χ4n) is 1.74. The molecule has 1 unspecified atom stereocenters. The van der Waals surface area contributed by atoms with Crippen LogP contribution in [0.4, 0.5) is 0 Å². The molecular weight excluding hydrogens is 304 g/mol. The van der Waals surface area contributed by atoms with Gasteiger partial charge in [0.2, 0.25) is 10.0 Å². The van der Waals surface area contributed by atoms with Gasteiger partial charge < -0.3 is 0 Å². The Morgan fingerprint density at radius 1 is 1.53 bits per heavy atom. The Hall–Kier alpha value is -0.460. The summed E-state index contributed by atoms with van der Waals surface area (Å²) < 4.78 is 26.9. The normalized spacial score (nSPS) is 18.0. The molecule has 0 aliphatic heterocycles. The minimum Gasteiger partial charge on any atom is -0.263 e. The van der Waals surface area contributed by atoms with Crippen molar-refractivity contribution in [2.45, 2.75) is 25.8 Å². The van der Waals surface area contributed by atoms with Crippen LogP contribution in [0.15, 0.2) is 22.9 Å². The van der Waals surface area contributed by atoms with Crippen LogP contribution in [0.1, 0.15) is 31.4 Å². The van der Waals surface area contributed by atoms with Crippen LogP contribution in [0.25, 0.3) is 0 Å². The Kier molecular flexibility index (Phi) is 3.85. The van der Waals surface area contributed by atoms with E-state index in [1.807, 2.05) is 6.07 Å². The number of sulfonamides is 1. The molecule has 0 bridgehead atoms. The molecule has 0 amide bonds. The number of nitrogens with zero attached hydrogens (tertiary/aromatic N) is 1. The second-order valence-corrected chi connectivity index (χ2v) is 7.23. The van der Waals surface area contributed by atoms with Gasteiger partial charge in [-0.15, -0.1) is 0 Å². The van der Waals surface area contributed by atoms with Gasteiger partial charge >= 0.3 is 0 Å². The van der Waals surface area contributed by atoms with Crippen LogP contribution in [0.2, 0.25) is 0 Å². The lowest BCUT2D eigenvalue weighted by Gasteiger charge is -2.18. The summed E-state index contributed by atoms with van der Waals surface area (Å²) in [4.78, 5) is 4.09. The van der Waals surface area contributed by atoms with E-state index in [0.717, 1.165) is 22.9 Å². The first-order valence-electron chi connectivity index (χ1n) is 5.62. The largest absolute Gasteiger partial charge is 0.263 e. The summed E-state index contributed by atoms with van der Waals surface area (Å²) >= 11 is 3.36. The van der Waals surface area contributed by atoms with Crippen LogP contribution in [0.3, 0.4) is 0 Å². The molecule has 0 saturated heterocycles. The standard InChI is InChI=1S/C11H15BrN2O2S/c1-2-17(15,16)14-11(8-3-4-8)9-5-10(12)7-13-6-9/h5-8,11,14H,2-4H2,1H3. The molecule has 17 heavy (non-hydrogen) atoms. The summed E-state index contributed by atoms with van der Waals surface area (Å²) in [6.07, 6.45) is 5.57. The Balaban J connectivity index is 2.24. The van der Waals surface area contributed by atoms with Crippen LogP contribution in [-0.4, -0.2) is 19.2 Å². The maximum Gasteiger partial charge on any atom is 0.211 e. The van der Waals surface area contributed by atoms with Crippen molar-refractivity contribution in [1.82, 2.24) is 9.71 Å². The van der Waals surface area contributed by atoms with E-state index in [2.05, 4.69) is 25.6 Å². The molecule has 94 valence electrons. The molecule has 1 saturated carbocycles. The fraction of sp³-hybridized carbons (Fsp3) is 0.545. The highest BCUT2D eigenvalue weighted by Gasteiger charge is 2.34. The number of aromatic nitrogens is 1. The Morgan fingerprint density at radius 3 is 2.76 bits per heavy atom. The van der Waals surface area contributed by atoms with Gasteiger partial charge in [0.05, 0.1) is 11.8 Å². The molecule has 1 aliphatic rings. The van der Waals surface area contributed by atoms with Crippen LogP contribution >= 0.6 is 15.9 Å². The lowest BCUT2D eigenvalue weighted by atomic mass is 10.1. The monoisotopic (exact) mass is 318 g/mol. The van der Waals surface area contributed by atoms with E-state index in [0.29, 0.717) is 5.92 Å². The zero-order valence-electron chi connectivity index (χ0n) is 9.56. The van der Waals surface area contributed by atoms with Gasteiger partial charge in [-0.25, -0.2) is 13.1 Å². The second-order valence-electron chi connectivity index (χ2n) is 4.27. The van der Waals surface area contributed by atoms with Gasteiger partial charge in [-0.05, 0) is 53.2 Å². The van der Waals surface area contributed by atoms with E-state index < -0.39 is 10.0 Å². The Bertz CT molecular complexity index is 500. The number of nitrogens with one attached hydrogen (secondary N) is 1. The van der Waals surface area contributed by atoms with Gasteiger partial charge in [-0.2, -0.15) is 0 Å². The van der Waals surface area contributed by atoms with Crippen molar-refractivity contribution in [3.05, 3.63) is 28.5 Å². The highest BCUT2D eigenvalue weighted by Crippen LogP contribution is 2.41. The van der Waals surface area contributed by atoms with E-state index in [-0.39, 0.29) is 11.8 Å². The van der Waals surface area contributed by atoms with E-state index >= 15 is 0 Å². The number of hydrogen-bond acceptors (Lipinski definition) is 3. The predicted octanol–water partition coefficient (Wildman–Crippen LogP) is 2.23. The average molecular weight is 319 g/mol. The first-order chi connectivity index (χ1) is 8.02. The second kappa shape index (κ2) is 5.04. The molecule has 1 aromatic heterocycles. The van der Waals surface area contributed by atoms with Crippen molar-refractivity contribution in [1.29, 1.82) is 0 Å². The molecule has 1 aromatic rings. The molecule has 2 rings (SSSR count). The maximum absolute atomic E-state index is 11.7. The van der Waals surface area contributed by atoms with Crippen LogP contribution < -0.4 is 4.72 Å². The maximum atomic E-state index is 11.7. The first-order valence-corrected chi connectivity index (χ1v) is 8.07. The predicted molar refractivity (Wildman–Crippen MR) is 70.0 cm³/mol. The third-order valence-corrected chi connectivity index (χ3v) is 4.67. The van der Waals surface area contributed by atoms with Gasteiger partial charge in [0.15, 0.2) is 0 Å². The summed E-state index contributed by atoms with van der Waals surface area (Å²) in [6, 6.07) is 1.79. The minimum absolute atomic E-state index is 0.109. The van der Waals surface area contributed by atoms with Crippen LogP contribution in [0, 0.1) is 5.92 Å². The molecule has 4 nitrogen and oxygen atoms in total. The molecule has 0 aromatic carbocycles. The SMILES string of the molecule is CCS(=O)(=O)NC(c1cncc(Br)c1)C1CC1. The van der Waals surface area contributed by atoms with E-state index in [9.17, 15) is 8.42 Å². The molecule has 1 aliphatic carbocycles. The summed E-state index contributed by atoms with van der Waals surface area (Å²) in [5.74, 6) is 0.518. The summed E-state index contributed by atoms with van der Waals surface area (Å²) in [6.45, 7) is 1.64. The Labute approximate surface area is 110 Å². The van der Waals surface area contributed by atoms with Crippen molar-refractivity contribution in [3.8, 4) is 0 Å². The van der Waals surface area contributed by atoms with Crippen LogP contribution in [-0.2, 0) is 10.0 Å². The first kappa shape index (κ1) is 13.0. The van der Waals surface area contributed by atoms with Crippen molar-refractivity contribution < 1.29 is 8.42 Å². The van der Waals surface area contributed by atoms with E-state index in [1.165, 1.54) is 0 Å². The van der Waals surface area contributed by atoms with Gasteiger partial charge in [-0.1, -0.05) is 0 Å². The van der Waals surface area contributed by atoms with E-state index in [4.69, 9.17) is 0 Å². The molecule has 1 N–H and O–H groups in total. The topological polar surface area (TPSA) is 59.1 Å². The molecule has 1 heterocycles. The minimum atomic E-state index is -3.18. The number of rotatable bonds is 5. The summed E-state index contributed by atoms with van der Waals surface area (Å²) in [5, 5.41) is 0. The van der Waals surface area contributed by atoms with Crippen molar-refractivity contribution in [2.24, 2.45) is 5.92 Å². The lowest BCUT2D eigenvalue weighted by molar-refractivity contribution is 0.529. The van der Waals surface area contributed by atoms with Gasteiger partial charge in [0, 0.05) is 16.9 Å². The summed E-state index contributed by atoms with van der Waals surface area (Å²) in [5.41, 5.74) is 0.930. The quantitative estimate of drug-likeness (QED) is 0.905. The van der Waals surface area contributed by atoms with Gasteiger partial charge in [-0.3, -0.25) is 4.98 Å². The highest BCUT2D eigenvalue weighted by molar-refractivity contribution is 9.10. The highest BCUT2D eigenvalue weighted by atomic mass is 79.9. The molecule has 1 fully saturated rings. The number of pyridine rings is 1. The smallest absolute Gasteiger partial charge is 0.211 e. The lowest BCUT2D eigenvalue weighted by Crippen LogP contribution is -2.31. The zero-order chi connectivity index (χ0) is 12.5. The molecule has 6 heteroatoms. The summed E-state index contributed by atoms with van der Waals surface area (Å²) in [7, 11) is -3.18. The zero-order valence-corrected chi connectivity index (χ0v) is 12.0. The van der Waals surface area contributed by atoms with Gasteiger partial charge in [0.25, 0.3) is 0 Å². The molecule has 1 atom stereocenters. The fourth-order valence-corrected chi connectivity index (χ4v) is 3.01. The Morgan fingerprint density at radius 2 is 2.24 bits per heavy atom. The number of halogens is 1. The van der Waals surface area contributed by atoms with Gasteiger partial charge in [0.1, 0.15) is 0 Å². The average Bonchev–Trinajstić information content (AvgIpc) is 3.10. The van der Waals surface area contributed by atoms with E-state index in [1.54, 1.807) is 19.3 Å². The van der Waals surface area contributed by atoms with Crippen molar-refractivity contribution in [2.75, 3.05) is 5.75 Å². The molecule has 0 radical (unpaired) electrons. The van der Waals surface area contributed by atoms with Crippen molar-refractivity contribution in [3.63, 3.8) is 0 Å². The number of hydrogen-bond donors (Lipinski definition) is 1. The molecule has 0 spiro atoms. The van der Waals surface area contributed by atoms with Crippen molar-refractivity contribution >= 4 is 26.0 Å².